The van der Waals surface area contributed by atoms with Gasteiger partial charge in [-0.15, -0.1) is 0 Å². The molecular formula is C45H49NO7. The highest BCUT2D eigenvalue weighted by Crippen LogP contribution is 2.37. The Labute approximate surface area is 312 Å². The molecule has 5 aromatic rings. The Balaban J connectivity index is 0.000000468. The van der Waals surface area contributed by atoms with Crippen LogP contribution < -0.4 is 0 Å². The summed E-state index contributed by atoms with van der Waals surface area (Å²) in [5.74, 6) is -0.879. The normalized spacial score (nSPS) is 22.6. The monoisotopic (exact) mass is 715 g/mol. The largest absolute Gasteiger partial charge is 0.478 e. The highest BCUT2D eigenvalue weighted by atomic mass is 16.6. The van der Waals surface area contributed by atoms with E-state index in [-0.39, 0.29) is 18.2 Å². The van der Waals surface area contributed by atoms with E-state index in [1.54, 1.807) is 30.3 Å². The molecule has 0 aromatic heterocycles. The number of rotatable bonds is 14. The molecule has 6 atom stereocenters. The number of hydrogen-bond acceptors (Lipinski definition) is 7. The van der Waals surface area contributed by atoms with E-state index < -0.39 is 24.3 Å². The Morgan fingerprint density at radius 2 is 0.981 bits per heavy atom. The van der Waals surface area contributed by atoms with Gasteiger partial charge in [0.25, 0.3) is 0 Å². The fraction of sp³-hybridized carbons (Fsp3) is 0.311. The molecule has 2 N–H and O–H groups in total. The number of piperidine rings is 2. The molecule has 2 saturated heterocycles. The summed E-state index contributed by atoms with van der Waals surface area (Å²) < 4.78 is 26.8. The average Bonchev–Trinajstić information content (AvgIpc) is 3.21. The van der Waals surface area contributed by atoms with E-state index in [1.165, 1.54) is 0 Å². The van der Waals surface area contributed by atoms with Crippen LogP contribution in [0.3, 0.4) is 0 Å². The summed E-state index contributed by atoms with van der Waals surface area (Å²) in [6.45, 7) is 3.08. The second-order valence-electron chi connectivity index (χ2n) is 13.5. The summed E-state index contributed by atoms with van der Waals surface area (Å²) >= 11 is 0. The lowest BCUT2D eigenvalue weighted by Crippen LogP contribution is -2.72. The summed E-state index contributed by atoms with van der Waals surface area (Å²) in [5, 5.41) is 19.9. The summed E-state index contributed by atoms with van der Waals surface area (Å²) in [4.78, 5) is 12.6. The smallest absolute Gasteiger partial charge is 0.335 e. The van der Waals surface area contributed by atoms with Crippen molar-refractivity contribution in [3.63, 3.8) is 0 Å². The van der Waals surface area contributed by atoms with Gasteiger partial charge in [0.05, 0.1) is 56.8 Å². The summed E-state index contributed by atoms with van der Waals surface area (Å²) in [7, 11) is 0. The van der Waals surface area contributed by atoms with Gasteiger partial charge in [-0.3, -0.25) is 4.90 Å². The summed E-state index contributed by atoms with van der Waals surface area (Å²) in [6, 6.07) is 48.8. The molecule has 8 nitrogen and oxygen atoms in total. The molecule has 53 heavy (non-hydrogen) atoms. The molecule has 2 aliphatic heterocycles. The first-order chi connectivity index (χ1) is 26.1. The maximum atomic E-state index is 11.5. The zero-order valence-corrected chi connectivity index (χ0v) is 29.9. The van der Waals surface area contributed by atoms with Crippen molar-refractivity contribution in [2.24, 2.45) is 0 Å². The lowest BCUT2D eigenvalue weighted by atomic mass is 9.81. The summed E-state index contributed by atoms with van der Waals surface area (Å²) in [5.41, 5.74) is 4.72. The lowest BCUT2D eigenvalue weighted by molar-refractivity contribution is -0.247. The van der Waals surface area contributed by atoms with Gasteiger partial charge < -0.3 is 29.2 Å². The Bertz CT molecular complexity index is 1760. The fourth-order valence-corrected chi connectivity index (χ4v) is 7.14. The van der Waals surface area contributed by atoms with E-state index >= 15 is 0 Å². The van der Waals surface area contributed by atoms with Crippen molar-refractivity contribution in [1.82, 2.24) is 4.90 Å². The van der Waals surface area contributed by atoms with Crippen LogP contribution in [0.4, 0.5) is 0 Å². The lowest BCUT2D eigenvalue weighted by Gasteiger charge is -2.56. The topological polar surface area (TPSA) is 97.7 Å². The minimum absolute atomic E-state index is 0.125. The Hall–Kier alpha value is -4.67. The molecule has 0 amide bonds. The minimum atomic E-state index is -0.879. The zero-order valence-electron chi connectivity index (χ0n) is 29.9. The van der Waals surface area contributed by atoms with Crippen LogP contribution in [0, 0.1) is 0 Å². The van der Waals surface area contributed by atoms with Crippen LogP contribution in [0.25, 0.3) is 0 Å². The molecule has 2 fully saturated rings. The van der Waals surface area contributed by atoms with Crippen molar-refractivity contribution in [3.8, 4) is 0 Å². The number of carboxylic acids is 1. The van der Waals surface area contributed by atoms with Crippen molar-refractivity contribution < 1.29 is 34.0 Å². The van der Waals surface area contributed by atoms with E-state index in [4.69, 9.17) is 24.1 Å². The van der Waals surface area contributed by atoms with E-state index in [9.17, 15) is 9.90 Å². The number of carbonyl (C=O) groups is 1. The molecule has 0 aliphatic carbocycles. The van der Waals surface area contributed by atoms with E-state index in [0.29, 0.717) is 38.6 Å². The Kier molecular flexibility index (Phi) is 14.3. The third-order valence-electron chi connectivity index (χ3n) is 9.76. The zero-order chi connectivity index (χ0) is 36.7. The van der Waals surface area contributed by atoms with Crippen LogP contribution in [0.2, 0.25) is 0 Å². The van der Waals surface area contributed by atoms with Gasteiger partial charge in [0.15, 0.2) is 0 Å². The number of aliphatic hydroxyl groups excluding tert-OH is 1. The number of ether oxygens (including phenoxy) is 4. The van der Waals surface area contributed by atoms with Crippen molar-refractivity contribution in [1.29, 1.82) is 0 Å². The van der Waals surface area contributed by atoms with Gasteiger partial charge in [-0.1, -0.05) is 140 Å². The predicted octanol–water partition coefficient (Wildman–Crippen LogP) is 7.55. The van der Waals surface area contributed by atoms with E-state index in [2.05, 4.69) is 53.4 Å². The van der Waals surface area contributed by atoms with E-state index in [1.807, 2.05) is 72.8 Å². The van der Waals surface area contributed by atoms with Gasteiger partial charge in [-0.2, -0.15) is 0 Å². The fourth-order valence-electron chi connectivity index (χ4n) is 7.14. The van der Waals surface area contributed by atoms with Gasteiger partial charge in [0.2, 0.25) is 0 Å². The minimum Gasteiger partial charge on any atom is -0.478 e. The van der Waals surface area contributed by atoms with Gasteiger partial charge in [0.1, 0.15) is 18.3 Å². The van der Waals surface area contributed by atoms with Gasteiger partial charge in [-0.05, 0) is 53.8 Å². The second kappa shape index (κ2) is 20.0. The number of aliphatic hydroxyl groups is 1. The molecule has 7 rings (SSSR count). The van der Waals surface area contributed by atoms with Crippen LogP contribution in [-0.4, -0.2) is 70.7 Å². The number of nitrogens with zero attached hydrogens (tertiary/aromatic N) is 1. The van der Waals surface area contributed by atoms with E-state index in [0.717, 1.165) is 41.6 Å². The third-order valence-corrected chi connectivity index (χ3v) is 9.76. The first kappa shape index (κ1) is 38.1. The van der Waals surface area contributed by atoms with Gasteiger partial charge in [-0.25, -0.2) is 4.79 Å². The third kappa shape index (κ3) is 10.9. The number of fused-ring (bicyclic) bond motifs is 1. The Morgan fingerprint density at radius 1 is 0.566 bits per heavy atom. The SMILES string of the molecule is O=C(O)c1ccccc1.OC1CCCN2C(COCc3ccccc3)C(OCc3ccccc3)C(OCc3ccccc3)C(OCc3ccccc3)C12. The number of carboxylic acid groups (broad SMARTS) is 1. The van der Waals surface area contributed by atoms with Crippen molar-refractivity contribution in [3.05, 3.63) is 179 Å². The molecule has 6 unspecified atom stereocenters. The van der Waals surface area contributed by atoms with Crippen LogP contribution in [0.5, 0.6) is 0 Å². The van der Waals surface area contributed by atoms with Crippen LogP contribution >= 0.6 is 0 Å². The summed E-state index contributed by atoms with van der Waals surface area (Å²) in [6.07, 6.45) is -0.0947. The standard InChI is InChI=1S/C38H43NO5.C7H6O2/c40-34-22-13-23-39-33(28-41-24-29-14-5-1-6-15-29)36(42-25-30-16-7-2-8-17-30)38(44-27-32-20-11-4-12-21-32)37(35(34)39)43-26-31-18-9-3-10-19-31;8-7(9)6-4-2-1-3-5-6/h1-12,14-21,33-38,40H,13,22-28H2;1-5H,(H,8,9). The van der Waals surface area contributed by atoms with Crippen LogP contribution in [-0.2, 0) is 45.4 Å². The maximum Gasteiger partial charge on any atom is 0.335 e. The van der Waals surface area contributed by atoms with Crippen molar-refractivity contribution >= 4 is 5.97 Å². The molecule has 0 spiro atoms. The number of hydrogen-bond donors (Lipinski definition) is 2. The highest BCUT2D eigenvalue weighted by Gasteiger charge is 2.54. The van der Waals surface area contributed by atoms with Gasteiger partial charge in [0, 0.05) is 0 Å². The van der Waals surface area contributed by atoms with Crippen LogP contribution in [0.1, 0.15) is 45.5 Å². The molecule has 0 radical (unpaired) electrons. The maximum absolute atomic E-state index is 11.5. The van der Waals surface area contributed by atoms with Crippen LogP contribution in [0.15, 0.2) is 152 Å². The molecule has 0 bridgehead atoms. The molecule has 8 heteroatoms. The quantitative estimate of drug-likeness (QED) is 0.122. The number of benzene rings is 5. The first-order valence-electron chi connectivity index (χ1n) is 18.4. The molecule has 5 aromatic carbocycles. The number of aromatic carboxylic acids is 1. The predicted molar refractivity (Wildman–Crippen MR) is 204 cm³/mol. The van der Waals surface area contributed by atoms with Crippen molar-refractivity contribution in [2.75, 3.05) is 13.2 Å². The molecule has 2 aliphatic rings. The second-order valence-corrected chi connectivity index (χ2v) is 13.5. The molecular weight excluding hydrogens is 666 g/mol. The van der Waals surface area contributed by atoms with Gasteiger partial charge >= 0.3 is 5.97 Å². The molecule has 2 heterocycles. The van der Waals surface area contributed by atoms with Crippen molar-refractivity contribution in [2.45, 2.75) is 75.8 Å². The average molecular weight is 716 g/mol. The molecule has 0 saturated carbocycles. The molecule has 276 valence electrons. The first-order valence-corrected chi connectivity index (χ1v) is 18.4. The Morgan fingerprint density at radius 3 is 1.43 bits per heavy atom. The highest BCUT2D eigenvalue weighted by molar-refractivity contribution is 5.87.